The third kappa shape index (κ3) is 4.27. The van der Waals surface area contributed by atoms with Crippen molar-refractivity contribution in [2.45, 2.75) is 50.9 Å². The number of alkyl halides is 1. The Bertz CT molecular complexity index is 1070. The molecule has 3 heterocycles. The van der Waals surface area contributed by atoms with Crippen molar-refractivity contribution in [1.29, 1.82) is 0 Å². The predicted molar refractivity (Wildman–Crippen MR) is 120 cm³/mol. The van der Waals surface area contributed by atoms with Crippen molar-refractivity contribution in [3.63, 3.8) is 0 Å². The van der Waals surface area contributed by atoms with Gasteiger partial charge in [0.15, 0.2) is 6.17 Å². The van der Waals surface area contributed by atoms with Crippen LogP contribution in [-0.4, -0.2) is 58.0 Å². The number of aromatic nitrogens is 4. The number of imidazole rings is 1. The Morgan fingerprint density at radius 3 is 2.59 bits per heavy atom. The Morgan fingerprint density at radius 2 is 1.84 bits per heavy atom. The fraction of sp³-hybridized carbons (Fsp3) is 0.522. The Balaban J connectivity index is 1.58. The monoisotopic (exact) mass is 440 g/mol. The summed E-state index contributed by atoms with van der Waals surface area (Å²) in [6.07, 6.45) is 2.48. The average molecular weight is 441 g/mol. The predicted octanol–water partition coefficient (Wildman–Crippen LogP) is 3.33. The average Bonchev–Trinajstić information content (AvgIpc) is 3.21. The molecular weight excluding hydrogens is 411 g/mol. The van der Waals surface area contributed by atoms with Crippen molar-refractivity contribution < 1.29 is 13.9 Å². The molecule has 32 heavy (non-hydrogen) atoms. The maximum absolute atomic E-state index is 14.6. The SMILES string of the molecule is CC(F)c1nc2ccccc2n1-c1cc(OC2CCC(N)CC2)nc(N2CCOCC2)n1. The number of para-hydroxylation sites is 2. The molecule has 1 aliphatic carbocycles. The van der Waals surface area contributed by atoms with Crippen LogP contribution in [0, 0.1) is 0 Å². The molecule has 2 aromatic heterocycles. The van der Waals surface area contributed by atoms with Gasteiger partial charge in [-0.15, -0.1) is 0 Å². The van der Waals surface area contributed by atoms with Crippen molar-refractivity contribution in [3.8, 4) is 11.7 Å². The highest BCUT2D eigenvalue weighted by Gasteiger charge is 2.24. The van der Waals surface area contributed by atoms with E-state index >= 15 is 0 Å². The minimum atomic E-state index is -1.26. The van der Waals surface area contributed by atoms with Crippen molar-refractivity contribution in [1.82, 2.24) is 19.5 Å². The highest BCUT2D eigenvalue weighted by molar-refractivity contribution is 5.78. The molecule has 0 radical (unpaired) electrons. The Labute approximate surface area is 186 Å². The van der Waals surface area contributed by atoms with Gasteiger partial charge in [-0.1, -0.05) is 12.1 Å². The molecule has 1 aliphatic heterocycles. The van der Waals surface area contributed by atoms with Gasteiger partial charge in [-0.25, -0.2) is 9.37 Å². The molecule has 0 spiro atoms. The summed E-state index contributed by atoms with van der Waals surface area (Å²) < 4.78 is 28.1. The summed E-state index contributed by atoms with van der Waals surface area (Å²) in [4.78, 5) is 16.1. The fourth-order valence-corrected chi connectivity index (χ4v) is 4.41. The molecule has 5 rings (SSSR count). The van der Waals surface area contributed by atoms with Crippen molar-refractivity contribution in [2.75, 3.05) is 31.2 Å². The smallest absolute Gasteiger partial charge is 0.230 e. The zero-order valence-corrected chi connectivity index (χ0v) is 18.3. The largest absolute Gasteiger partial charge is 0.474 e. The summed E-state index contributed by atoms with van der Waals surface area (Å²) in [5, 5.41) is 0. The summed E-state index contributed by atoms with van der Waals surface area (Å²) in [5.74, 6) is 1.92. The lowest BCUT2D eigenvalue weighted by Gasteiger charge is -2.29. The highest BCUT2D eigenvalue weighted by Crippen LogP contribution is 2.30. The molecule has 2 aliphatic rings. The molecule has 1 atom stereocenters. The lowest BCUT2D eigenvalue weighted by molar-refractivity contribution is 0.121. The number of fused-ring (bicyclic) bond motifs is 1. The van der Waals surface area contributed by atoms with Gasteiger partial charge < -0.3 is 20.1 Å². The maximum Gasteiger partial charge on any atom is 0.230 e. The van der Waals surface area contributed by atoms with Crippen LogP contribution in [0.5, 0.6) is 5.88 Å². The van der Waals surface area contributed by atoms with E-state index in [0.29, 0.717) is 49.8 Å². The van der Waals surface area contributed by atoms with E-state index in [2.05, 4.69) is 9.88 Å². The first-order valence-corrected chi connectivity index (χ1v) is 11.3. The van der Waals surface area contributed by atoms with Crippen LogP contribution in [0.15, 0.2) is 30.3 Å². The molecule has 3 aromatic rings. The molecule has 1 unspecified atom stereocenters. The number of hydrogen-bond acceptors (Lipinski definition) is 7. The van der Waals surface area contributed by atoms with E-state index < -0.39 is 6.17 Å². The minimum absolute atomic E-state index is 0.0641. The second-order valence-electron chi connectivity index (χ2n) is 8.53. The molecule has 170 valence electrons. The van der Waals surface area contributed by atoms with E-state index in [0.717, 1.165) is 36.7 Å². The number of halogens is 1. The summed E-state index contributed by atoms with van der Waals surface area (Å²) >= 11 is 0. The van der Waals surface area contributed by atoms with Gasteiger partial charge >= 0.3 is 0 Å². The van der Waals surface area contributed by atoms with Gasteiger partial charge in [-0.3, -0.25) is 4.57 Å². The lowest BCUT2D eigenvalue weighted by atomic mass is 9.94. The zero-order valence-electron chi connectivity index (χ0n) is 18.3. The number of nitrogens with zero attached hydrogens (tertiary/aromatic N) is 5. The van der Waals surface area contributed by atoms with E-state index in [1.807, 2.05) is 24.3 Å². The van der Waals surface area contributed by atoms with Gasteiger partial charge in [0, 0.05) is 25.2 Å². The van der Waals surface area contributed by atoms with Crippen LogP contribution in [0.3, 0.4) is 0 Å². The van der Waals surface area contributed by atoms with E-state index in [1.54, 1.807) is 10.6 Å². The van der Waals surface area contributed by atoms with E-state index in [9.17, 15) is 4.39 Å². The number of hydrogen-bond donors (Lipinski definition) is 1. The van der Waals surface area contributed by atoms with Crippen LogP contribution in [-0.2, 0) is 4.74 Å². The summed E-state index contributed by atoms with van der Waals surface area (Å²) in [6, 6.07) is 9.65. The molecule has 0 amide bonds. The summed E-state index contributed by atoms with van der Waals surface area (Å²) in [5.41, 5.74) is 7.58. The van der Waals surface area contributed by atoms with E-state index in [1.165, 1.54) is 6.92 Å². The van der Waals surface area contributed by atoms with Crippen LogP contribution in [0.1, 0.15) is 44.6 Å². The molecule has 1 saturated heterocycles. The Hall–Kier alpha value is -2.78. The highest BCUT2D eigenvalue weighted by atomic mass is 19.1. The number of ether oxygens (including phenoxy) is 2. The van der Waals surface area contributed by atoms with Crippen LogP contribution >= 0.6 is 0 Å². The number of anilines is 1. The van der Waals surface area contributed by atoms with Crippen molar-refractivity contribution in [2.24, 2.45) is 5.73 Å². The first-order valence-electron chi connectivity index (χ1n) is 11.3. The molecule has 9 heteroatoms. The molecule has 0 bridgehead atoms. The van der Waals surface area contributed by atoms with Crippen LogP contribution in [0.2, 0.25) is 0 Å². The first-order chi connectivity index (χ1) is 15.6. The molecule has 2 N–H and O–H groups in total. The lowest BCUT2D eigenvalue weighted by Crippen LogP contribution is -2.37. The van der Waals surface area contributed by atoms with Gasteiger partial charge in [0.05, 0.1) is 24.2 Å². The van der Waals surface area contributed by atoms with Crippen LogP contribution in [0.4, 0.5) is 10.3 Å². The Morgan fingerprint density at radius 1 is 1.09 bits per heavy atom. The van der Waals surface area contributed by atoms with E-state index in [-0.39, 0.29) is 12.1 Å². The minimum Gasteiger partial charge on any atom is -0.474 e. The normalized spacial score (nSPS) is 22.8. The zero-order chi connectivity index (χ0) is 22.1. The molecule has 8 nitrogen and oxygen atoms in total. The number of morpholine rings is 1. The molecule has 1 saturated carbocycles. The Kier molecular flexibility index (Phi) is 5.93. The van der Waals surface area contributed by atoms with E-state index in [4.69, 9.17) is 25.2 Å². The first kappa shape index (κ1) is 21.1. The third-order valence-electron chi connectivity index (χ3n) is 6.15. The van der Waals surface area contributed by atoms with Gasteiger partial charge in [0.2, 0.25) is 11.8 Å². The molecular formula is C23H29FN6O2. The number of benzene rings is 1. The quantitative estimate of drug-likeness (QED) is 0.651. The maximum atomic E-state index is 14.6. The second kappa shape index (κ2) is 8.99. The standard InChI is InChI=1S/C23H29FN6O2/c1-15(24)22-26-18-4-2-3-5-19(18)30(22)20-14-21(32-17-8-6-16(25)7-9-17)28-23(27-20)29-10-12-31-13-11-29/h2-5,14-17H,6-13,25H2,1H3. The van der Waals surface area contributed by atoms with Crippen LogP contribution in [0.25, 0.3) is 16.9 Å². The molecule has 1 aromatic carbocycles. The third-order valence-corrected chi connectivity index (χ3v) is 6.15. The van der Waals surface area contributed by atoms with Gasteiger partial charge in [-0.2, -0.15) is 9.97 Å². The van der Waals surface area contributed by atoms with Gasteiger partial charge in [-0.05, 0) is 44.7 Å². The summed E-state index contributed by atoms with van der Waals surface area (Å²) in [7, 11) is 0. The number of nitrogens with two attached hydrogens (primary N) is 1. The topological polar surface area (TPSA) is 91.3 Å². The second-order valence-corrected chi connectivity index (χ2v) is 8.53. The van der Waals surface area contributed by atoms with Crippen LogP contribution < -0.4 is 15.4 Å². The van der Waals surface area contributed by atoms with Crippen molar-refractivity contribution in [3.05, 3.63) is 36.2 Å². The fourth-order valence-electron chi connectivity index (χ4n) is 4.41. The molecule has 2 fully saturated rings. The summed E-state index contributed by atoms with van der Waals surface area (Å²) in [6.45, 7) is 4.11. The van der Waals surface area contributed by atoms with Gasteiger partial charge in [0.25, 0.3) is 0 Å². The van der Waals surface area contributed by atoms with Crippen molar-refractivity contribution >= 4 is 17.0 Å². The number of rotatable bonds is 5. The van der Waals surface area contributed by atoms with Gasteiger partial charge in [0.1, 0.15) is 17.7 Å².